The van der Waals surface area contributed by atoms with Gasteiger partial charge in [-0.1, -0.05) is 48.5 Å². The van der Waals surface area contributed by atoms with E-state index in [2.05, 4.69) is 22.5 Å². The number of ether oxygens (including phenoxy) is 1. The largest absolute Gasteiger partial charge is 0.455 e. The van der Waals surface area contributed by atoms with Gasteiger partial charge in [-0.2, -0.15) is 0 Å². The lowest BCUT2D eigenvalue weighted by molar-refractivity contribution is -0.117. The molecular weight excluding hydrogens is 464 g/mol. The summed E-state index contributed by atoms with van der Waals surface area (Å²) in [7, 11) is 0. The van der Waals surface area contributed by atoms with Crippen LogP contribution in [0.5, 0.6) is 11.5 Å². The predicted molar refractivity (Wildman–Crippen MR) is 125 cm³/mol. The highest BCUT2D eigenvalue weighted by molar-refractivity contribution is 9.10. The fraction of sp³-hybridized carbons (Fsp3) is 0.125. The quantitative estimate of drug-likeness (QED) is 0.460. The van der Waals surface area contributed by atoms with Gasteiger partial charge in [0, 0.05) is 30.3 Å². The number of hydrogen-bond acceptors (Lipinski definition) is 3. The lowest BCUT2D eigenvalue weighted by Crippen LogP contribution is -2.24. The van der Waals surface area contributed by atoms with Crippen molar-refractivity contribution in [3.05, 3.63) is 93.9 Å². The highest BCUT2D eigenvalue weighted by Crippen LogP contribution is 2.38. The fourth-order valence-electron chi connectivity index (χ4n) is 3.55. The molecule has 1 fully saturated rings. The third-order valence-electron chi connectivity index (χ3n) is 5.14. The SMILES string of the molecule is C=C(N)c1cccc(N2C[C@@H](c3ccc(Cl)c(Oc4ccccc4Br)c3)CC2=O)c1. The smallest absolute Gasteiger partial charge is 0.227 e. The van der Waals surface area contributed by atoms with Crippen molar-refractivity contribution in [2.75, 3.05) is 11.4 Å². The summed E-state index contributed by atoms with van der Waals surface area (Å²) in [6.45, 7) is 4.36. The van der Waals surface area contributed by atoms with Crippen molar-refractivity contribution >= 4 is 44.8 Å². The van der Waals surface area contributed by atoms with Crippen molar-refractivity contribution in [1.82, 2.24) is 0 Å². The molecule has 0 aliphatic carbocycles. The summed E-state index contributed by atoms with van der Waals surface area (Å²) in [6.07, 6.45) is 0.421. The lowest BCUT2D eigenvalue weighted by Gasteiger charge is -2.18. The molecule has 0 saturated carbocycles. The van der Waals surface area contributed by atoms with Crippen LogP contribution in [0.3, 0.4) is 0 Å². The first-order valence-electron chi connectivity index (χ1n) is 9.49. The Labute approximate surface area is 189 Å². The van der Waals surface area contributed by atoms with Crippen LogP contribution >= 0.6 is 27.5 Å². The molecule has 4 nitrogen and oxygen atoms in total. The Morgan fingerprint density at radius 3 is 2.67 bits per heavy atom. The lowest BCUT2D eigenvalue weighted by atomic mass is 9.98. The standard InChI is InChI=1S/C24H20BrClN2O2/c1-15(27)16-5-4-6-19(11-16)28-14-18(13-24(28)29)17-9-10-21(26)23(12-17)30-22-8-3-2-7-20(22)25/h2-12,18H,1,13-14,27H2/t18-/m0/s1. The number of carbonyl (C=O) groups excluding carboxylic acids is 1. The summed E-state index contributed by atoms with van der Waals surface area (Å²) in [5.41, 5.74) is 8.94. The van der Waals surface area contributed by atoms with E-state index in [0.717, 1.165) is 21.3 Å². The molecule has 0 spiro atoms. The number of para-hydroxylation sites is 1. The van der Waals surface area contributed by atoms with Gasteiger partial charge in [0.15, 0.2) is 0 Å². The Morgan fingerprint density at radius 2 is 1.90 bits per heavy atom. The van der Waals surface area contributed by atoms with E-state index in [4.69, 9.17) is 22.1 Å². The molecule has 3 aromatic rings. The van der Waals surface area contributed by atoms with E-state index >= 15 is 0 Å². The molecule has 3 aromatic carbocycles. The molecule has 0 bridgehead atoms. The minimum Gasteiger partial charge on any atom is -0.455 e. The Balaban J connectivity index is 1.58. The Kier molecular flexibility index (Phi) is 5.84. The van der Waals surface area contributed by atoms with E-state index in [1.54, 1.807) is 4.90 Å². The second kappa shape index (κ2) is 8.54. The first-order valence-corrected chi connectivity index (χ1v) is 10.7. The zero-order chi connectivity index (χ0) is 21.3. The summed E-state index contributed by atoms with van der Waals surface area (Å²) in [5, 5.41) is 0.518. The number of carbonyl (C=O) groups is 1. The molecule has 1 saturated heterocycles. The van der Waals surface area contributed by atoms with Gasteiger partial charge in [-0.15, -0.1) is 0 Å². The van der Waals surface area contributed by atoms with Crippen molar-refractivity contribution in [2.45, 2.75) is 12.3 Å². The number of nitrogens with two attached hydrogens (primary N) is 1. The van der Waals surface area contributed by atoms with Gasteiger partial charge in [-0.05, 0) is 63.5 Å². The number of anilines is 1. The molecular formula is C24H20BrClN2O2. The number of nitrogens with zero attached hydrogens (tertiary/aromatic N) is 1. The minimum absolute atomic E-state index is 0.0427. The zero-order valence-electron chi connectivity index (χ0n) is 16.1. The molecule has 1 atom stereocenters. The maximum Gasteiger partial charge on any atom is 0.227 e. The van der Waals surface area contributed by atoms with Gasteiger partial charge in [0.1, 0.15) is 11.5 Å². The van der Waals surface area contributed by atoms with Gasteiger partial charge in [0.25, 0.3) is 0 Å². The van der Waals surface area contributed by atoms with Crippen molar-refractivity contribution in [1.29, 1.82) is 0 Å². The van der Waals surface area contributed by atoms with Crippen molar-refractivity contribution in [2.24, 2.45) is 5.73 Å². The molecule has 30 heavy (non-hydrogen) atoms. The summed E-state index contributed by atoms with van der Waals surface area (Å²) in [6, 6.07) is 20.9. The summed E-state index contributed by atoms with van der Waals surface area (Å²) >= 11 is 9.85. The molecule has 152 valence electrons. The molecule has 1 heterocycles. The Hall–Kier alpha value is -2.76. The Bertz CT molecular complexity index is 1130. The third-order valence-corrected chi connectivity index (χ3v) is 6.10. The average molecular weight is 484 g/mol. The molecule has 0 aromatic heterocycles. The minimum atomic E-state index is 0.0427. The van der Waals surface area contributed by atoms with Crippen molar-refractivity contribution in [3.8, 4) is 11.5 Å². The van der Waals surface area contributed by atoms with E-state index in [1.807, 2.05) is 66.7 Å². The Morgan fingerprint density at radius 1 is 1.10 bits per heavy atom. The highest BCUT2D eigenvalue weighted by atomic mass is 79.9. The highest BCUT2D eigenvalue weighted by Gasteiger charge is 2.32. The predicted octanol–water partition coefficient (Wildman–Crippen LogP) is 6.34. The van der Waals surface area contributed by atoms with Crippen LogP contribution in [-0.2, 0) is 4.79 Å². The first kappa shape index (κ1) is 20.5. The molecule has 2 N–H and O–H groups in total. The average Bonchev–Trinajstić information content (AvgIpc) is 3.13. The molecule has 1 aliphatic rings. The molecule has 6 heteroatoms. The van der Waals surface area contributed by atoms with Crippen LogP contribution in [-0.4, -0.2) is 12.5 Å². The molecule has 1 amide bonds. The number of hydrogen-bond donors (Lipinski definition) is 1. The first-order chi connectivity index (χ1) is 14.4. The van der Waals surface area contributed by atoms with Crippen LogP contribution in [0.15, 0.2) is 77.8 Å². The molecule has 0 radical (unpaired) electrons. The van der Waals surface area contributed by atoms with Gasteiger partial charge >= 0.3 is 0 Å². The van der Waals surface area contributed by atoms with Crippen LogP contribution in [0.1, 0.15) is 23.5 Å². The van der Waals surface area contributed by atoms with Crippen molar-refractivity contribution < 1.29 is 9.53 Å². The maximum atomic E-state index is 12.7. The summed E-state index contributed by atoms with van der Waals surface area (Å²) in [5.74, 6) is 1.36. The third kappa shape index (κ3) is 4.23. The zero-order valence-corrected chi connectivity index (χ0v) is 18.5. The van der Waals surface area contributed by atoms with E-state index in [0.29, 0.717) is 35.2 Å². The number of rotatable bonds is 5. The number of halogens is 2. The van der Waals surface area contributed by atoms with Crippen LogP contribution in [0.2, 0.25) is 5.02 Å². The number of benzene rings is 3. The number of amides is 1. The second-order valence-electron chi connectivity index (χ2n) is 7.20. The topological polar surface area (TPSA) is 55.6 Å². The van der Waals surface area contributed by atoms with Gasteiger partial charge in [0.2, 0.25) is 5.91 Å². The summed E-state index contributed by atoms with van der Waals surface area (Å²) in [4.78, 5) is 14.5. The van der Waals surface area contributed by atoms with Gasteiger partial charge in [-0.3, -0.25) is 4.79 Å². The van der Waals surface area contributed by atoms with Crippen LogP contribution < -0.4 is 15.4 Å². The monoisotopic (exact) mass is 482 g/mol. The fourth-order valence-corrected chi connectivity index (χ4v) is 4.07. The normalized spacial score (nSPS) is 16.0. The van der Waals surface area contributed by atoms with Gasteiger partial charge in [-0.25, -0.2) is 0 Å². The van der Waals surface area contributed by atoms with Crippen molar-refractivity contribution in [3.63, 3.8) is 0 Å². The second-order valence-corrected chi connectivity index (χ2v) is 8.46. The maximum absolute atomic E-state index is 12.7. The van der Waals surface area contributed by atoms with E-state index in [1.165, 1.54) is 0 Å². The van der Waals surface area contributed by atoms with E-state index < -0.39 is 0 Å². The van der Waals surface area contributed by atoms with E-state index in [9.17, 15) is 4.79 Å². The van der Waals surface area contributed by atoms with Crippen LogP contribution in [0, 0.1) is 0 Å². The van der Waals surface area contributed by atoms with Gasteiger partial charge in [0.05, 0.1) is 9.50 Å². The van der Waals surface area contributed by atoms with Gasteiger partial charge < -0.3 is 15.4 Å². The van der Waals surface area contributed by atoms with Crippen LogP contribution in [0.25, 0.3) is 5.70 Å². The van der Waals surface area contributed by atoms with E-state index in [-0.39, 0.29) is 11.8 Å². The summed E-state index contributed by atoms with van der Waals surface area (Å²) < 4.78 is 6.86. The molecule has 1 aliphatic heterocycles. The molecule has 0 unspecified atom stereocenters. The van der Waals surface area contributed by atoms with Crippen LogP contribution in [0.4, 0.5) is 5.69 Å². The molecule has 4 rings (SSSR count).